The third-order valence-electron chi connectivity index (χ3n) is 4.52. The summed E-state index contributed by atoms with van der Waals surface area (Å²) in [6, 6.07) is 26.2. The molecular weight excluding hydrogens is 346 g/mol. The average molecular weight is 363 g/mol. The van der Waals surface area contributed by atoms with Crippen LogP contribution in [-0.2, 0) is 0 Å². The summed E-state index contributed by atoms with van der Waals surface area (Å²) in [6.07, 6.45) is 3.50. The van der Waals surface area contributed by atoms with Gasteiger partial charge in [0.25, 0.3) is 0 Å². The molecule has 0 aliphatic rings. The lowest BCUT2D eigenvalue weighted by atomic mass is 10.1. The van der Waals surface area contributed by atoms with Crippen LogP contribution in [0, 0.1) is 0 Å². The van der Waals surface area contributed by atoms with E-state index in [0.717, 1.165) is 45.2 Å². The number of nitrogens with one attached hydrogen (secondary N) is 2. The Hall–Kier alpha value is -3.99. The number of nitrogens with zero attached hydrogens (tertiary/aromatic N) is 3. The summed E-state index contributed by atoms with van der Waals surface area (Å²) in [5.41, 5.74) is 6.03. The van der Waals surface area contributed by atoms with Crippen molar-refractivity contribution in [2.24, 2.45) is 0 Å². The third kappa shape index (κ3) is 3.21. The topological polar surface area (TPSA) is 66.5 Å². The molecule has 0 aliphatic carbocycles. The SMILES string of the molecule is c1cnc(-c2ccc(Nc3cccc(-c4nc5ccccc5[nH]4)c3)cc2)nc1. The molecule has 0 bridgehead atoms. The second-order valence-corrected chi connectivity index (χ2v) is 6.46. The molecule has 5 rings (SSSR count). The molecule has 28 heavy (non-hydrogen) atoms. The van der Waals surface area contributed by atoms with E-state index < -0.39 is 0 Å². The van der Waals surface area contributed by atoms with Crippen LogP contribution >= 0.6 is 0 Å². The molecule has 5 aromatic rings. The number of H-pyrrole nitrogens is 1. The Morgan fingerprint density at radius 2 is 1.50 bits per heavy atom. The van der Waals surface area contributed by atoms with Gasteiger partial charge in [-0.1, -0.05) is 24.3 Å². The Balaban J connectivity index is 1.39. The van der Waals surface area contributed by atoms with Gasteiger partial charge in [0.15, 0.2) is 5.82 Å². The second-order valence-electron chi connectivity index (χ2n) is 6.46. The van der Waals surface area contributed by atoms with E-state index in [-0.39, 0.29) is 0 Å². The quantitative estimate of drug-likeness (QED) is 0.447. The fraction of sp³-hybridized carbons (Fsp3) is 0. The summed E-state index contributed by atoms with van der Waals surface area (Å²) in [4.78, 5) is 16.6. The van der Waals surface area contributed by atoms with E-state index in [1.165, 1.54) is 0 Å². The highest BCUT2D eigenvalue weighted by Gasteiger charge is 2.06. The molecule has 0 saturated carbocycles. The van der Waals surface area contributed by atoms with Gasteiger partial charge in [0, 0.05) is 34.9 Å². The largest absolute Gasteiger partial charge is 0.356 e. The zero-order chi connectivity index (χ0) is 18.8. The summed E-state index contributed by atoms with van der Waals surface area (Å²) >= 11 is 0. The molecule has 0 saturated heterocycles. The highest BCUT2D eigenvalue weighted by molar-refractivity contribution is 5.80. The smallest absolute Gasteiger partial charge is 0.159 e. The van der Waals surface area contributed by atoms with E-state index in [9.17, 15) is 0 Å². The van der Waals surface area contributed by atoms with Crippen molar-refractivity contribution in [2.45, 2.75) is 0 Å². The van der Waals surface area contributed by atoms with Crippen LogP contribution in [0.15, 0.2) is 91.3 Å². The van der Waals surface area contributed by atoms with Crippen molar-refractivity contribution >= 4 is 22.4 Å². The van der Waals surface area contributed by atoms with Gasteiger partial charge in [-0.15, -0.1) is 0 Å². The van der Waals surface area contributed by atoms with Gasteiger partial charge in [0.05, 0.1) is 11.0 Å². The fourth-order valence-electron chi connectivity index (χ4n) is 3.15. The molecule has 2 heterocycles. The zero-order valence-corrected chi connectivity index (χ0v) is 15.0. The van der Waals surface area contributed by atoms with E-state index >= 15 is 0 Å². The molecule has 0 spiro atoms. The Kier molecular flexibility index (Phi) is 4.03. The van der Waals surface area contributed by atoms with Crippen LogP contribution in [0.25, 0.3) is 33.8 Å². The summed E-state index contributed by atoms with van der Waals surface area (Å²) in [7, 11) is 0. The minimum Gasteiger partial charge on any atom is -0.356 e. The van der Waals surface area contributed by atoms with Gasteiger partial charge in [-0.25, -0.2) is 15.0 Å². The number of hydrogen-bond acceptors (Lipinski definition) is 4. The normalized spacial score (nSPS) is 10.9. The van der Waals surface area contributed by atoms with Gasteiger partial charge < -0.3 is 10.3 Å². The third-order valence-corrected chi connectivity index (χ3v) is 4.52. The van der Waals surface area contributed by atoms with Crippen LogP contribution in [0.2, 0.25) is 0 Å². The monoisotopic (exact) mass is 363 g/mol. The molecule has 0 aliphatic heterocycles. The van der Waals surface area contributed by atoms with Crippen LogP contribution in [0.5, 0.6) is 0 Å². The van der Waals surface area contributed by atoms with Gasteiger partial charge in [-0.05, 0) is 54.6 Å². The number of para-hydroxylation sites is 2. The van der Waals surface area contributed by atoms with E-state index in [2.05, 4.69) is 37.4 Å². The number of hydrogen-bond donors (Lipinski definition) is 2. The Labute approximate surface area is 162 Å². The van der Waals surface area contributed by atoms with Crippen molar-refractivity contribution in [3.8, 4) is 22.8 Å². The first-order chi connectivity index (χ1) is 13.8. The van der Waals surface area contributed by atoms with Crippen LogP contribution in [0.3, 0.4) is 0 Å². The van der Waals surface area contributed by atoms with E-state index in [0.29, 0.717) is 0 Å². The van der Waals surface area contributed by atoms with Crippen molar-refractivity contribution in [1.29, 1.82) is 0 Å². The fourth-order valence-corrected chi connectivity index (χ4v) is 3.15. The van der Waals surface area contributed by atoms with Crippen LogP contribution in [0.4, 0.5) is 11.4 Å². The van der Waals surface area contributed by atoms with Gasteiger partial charge in [-0.3, -0.25) is 0 Å². The number of fused-ring (bicyclic) bond motifs is 1. The van der Waals surface area contributed by atoms with Gasteiger partial charge >= 0.3 is 0 Å². The summed E-state index contributed by atoms with van der Waals surface area (Å²) in [5, 5.41) is 3.44. The molecule has 134 valence electrons. The summed E-state index contributed by atoms with van der Waals surface area (Å²) in [5.74, 6) is 1.59. The predicted octanol–water partition coefficient (Wildman–Crippen LogP) is 5.43. The van der Waals surface area contributed by atoms with Crippen molar-refractivity contribution in [3.63, 3.8) is 0 Å². The van der Waals surface area contributed by atoms with E-state index in [4.69, 9.17) is 0 Å². The maximum absolute atomic E-state index is 4.68. The highest BCUT2D eigenvalue weighted by atomic mass is 14.9. The number of aromatic nitrogens is 4. The molecule has 0 unspecified atom stereocenters. The van der Waals surface area contributed by atoms with Gasteiger partial charge in [-0.2, -0.15) is 0 Å². The lowest BCUT2D eigenvalue weighted by Crippen LogP contribution is -1.92. The molecule has 2 aromatic heterocycles. The number of imidazole rings is 1. The number of aromatic amines is 1. The van der Waals surface area contributed by atoms with Crippen molar-refractivity contribution in [3.05, 3.63) is 91.3 Å². The Bertz CT molecular complexity index is 1190. The molecule has 0 atom stereocenters. The molecule has 0 radical (unpaired) electrons. The number of anilines is 2. The molecule has 0 fully saturated rings. The Morgan fingerprint density at radius 3 is 2.32 bits per heavy atom. The van der Waals surface area contributed by atoms with E-state index in [1.54, 1.807) is 12.4 Å². The molecule has 5 heteroatoms. The standard InChI is InChI=1S/C23H17N5/c1-2-8-21-20(7-1)27-23(28-21)17-5-3-6-19(15-17)26-18-11-9-16(10-12-18)22-24-13-4-14-25-22/h1-15,26H,(H,27,28). The van der Waals surface area contributed by atoms with Crippen molar-refractivity contribution in [2.75, 3.05) is 5.32 Å². The average Bonchev–Trinajstić information content (AvgIpc) is 3.20. The number of rotatable bonds is 4. The molecule has 2 N–H and O–H groups in total. The molecule has 5 nitrogen and oxygen atoms in total. The second kappa shape index (κ2) is 6.96. The van der Waals surface area contributed by atoms with Gasteiger partial charge in [0.1, 0.15) is 5.82 Å². The summed E-state index contributed by atoms with van der Waals surface area (Å²) in [6.45, 7) is 0. The number of benzene rings is 3. The lowest BCUT2D eigenvalue weighted by molar-refractivity contribution is 1.18. The zero-order valence-electron chi connectivity index (χ0n) is 15.0. The van der Waals surface area contributed by atoms with Crippen molar-refractivity contribution < 1.29 is 0 Å². The summed E-state index contributed by atoms with van der Waals surface area (Å²) < 4.78 is 0. The minimum atomic E-state index is 0.723. The van der Waals surface area contributed by atoms with E-state index in [1.807, 2.05) is 66.7 Å². The maximum Gasteiger partial charge on any atom is 0.159 e. The molecule has 3 aromatic carbocycles. The highest BCUT2D eigenvalue weighted by Crippen LogP contribution is 2.26. The lowest BCUT2D eigenvalue weighted by Gasteiger charge is -2.08. The van der Waals surface area contributed by atoms with Crippen LogP contribution in [0.1, 0.15) is 0 Å². The van der Waals surface area contributed by atoms with Crippen molar-refractivity contribution in [1.82, 2.24) is 19.9 Å². The minimum absolute atomic E-state index is 0.723. The first kappa shape index (κ1) is 16.2. The van der Waals surface area contributed by atoms with Crippen LogP contribution in [-0.4, -0.2) is 19.9 Å². The first-order valence-electron chi connectivity index (χ1n) is 9.05. The van der Waals surface area contributed by atoms with Crippen LogP contribution < -0.4 is 5.32 Å². The molecule has 0 amide bonds. The maximum atomic E-state index is 4.68. The first-order valence-corrected chi connectivity index (χ1v) is 9.05. The molecular formula is C23H17N5. The van der Waals surface area contributed by atoms with Gasteiger partial charge in [0.2, 0.25) is 0 Å². The Morgan fingerprint density at radius 1 is 0.679 bits per heavy atom. The predicted molar refractivity (Wildman–Crippen MR) is 112 cm³/mol.